The molecule has 0 heterocycles. The van der Waals surface area contributed by atoms with Gasteiger partial charge in [-0.2, -0.15) is 0 Å². The Kier molecular flexibility index (Phi) is 4.73. The van der Waals surface area contributed by atoms with E-state index in [0.717, 1.165) is 12.3 Å². The van der Waals surface area contributed by atoms with Crippen LogP contribution in [0.5, 0.6) is 0 Å². The van der Waals surface area contributed by atoms with Crippen molar-refractivity contribution in [1.82, 2.24) is 5.01 Å². The zero-order valence-corrected chi connectivity index (χ0v) is 9.26. The number of nitrogens with zero attached hydrogens (tertiary/aromatic N) is 1. The third-order valence-corrected chi connectivity index (χ3v) is 2.86. The van der Waals surface area contributed by atoms with Crippen LogP contribution in [0, 0.1) is 0 Å². The maximum atomic E-state index is 5.63. The highest BCUT2D eigenvalue weighted by atomic mass is 32.2. The number of hydrazine groups is 1. The first-order valence-electron chi connectivity index (χ1n) is 4.51. The summed E-state index contributed by atoms with van der Waals surface area (Å²) in [5.74, 6) is 6.56. The minimum absolute atomic E-state index is 0.778. The van der Waals surface area contributed by atoms with Gasteiger partial charge in [0, 0.05) is 24.2 Å². The molecule has 0 unspecified atom stereocenters. The highest BCUT2D eigenvalue weighted by Gasteiger charge is 2.02. The van der Waals surface area contributed by atoms with Crippen LogP contribution < -0.4 is 5.84 Å². The molecule has 0 aliphatic heterocycles. The number of hydrogen-bond acceptors (Lipinski definition) is 3. The Morgan fingerprint density at radius 1 is 1.50 bits per heavy atom. The van der Waals surface area contributed by atoms with Gasteiger partial charge in [-0.25, -0.2) is 5.01 Å². The molecule has 0 amide bonds. The first kappa shape index (κ1) is 11.3. The van der Waals surface area contributed by atoms with E-state index in [1.807, 2.05) is 25.3 Å². The van der Waals surface area contributed by atoms with Crippen LogP contribution in [0.1, 0.15) is 5.56 Å². The molecule has 14 heavy (non-hydrogen) atoms. The standard InChI is InChI=1S/C11H16N2S/c1-3-8-14-11-7-5-4-6-10(11)9-13(2)12/h3-7H,1,8-9,12H2,2H3. The fourth-order valence-electron chi connectivity index (χ4n) is 1.19. The molecular formula is C11H16N2S. The number of thioether (sulfide) groups is 1. The van der Waals surface area contributed by atoms with Crippen molar-refractivity contribution in [3.05, 3.63) is 42.5 Å². The van der Waals surface area contributed by atoms with Crippen LogP contribution in [0.25, 0.3) is 0 Å². The van der Waals surface area contributed by atoms with E-state index in [2.05, 4.69) is 18.7 Å². The van der Waals surface area contributed by atoms with Gasteiger partial charge < -0.3 is 0 Å². The first-order chi connectivity index (χ1) is 6.74. The van der Waals surface area contributed by atoms with Gasteiger partial charge in [-0.3, -0.25) is 5.84 Å². The van der Waals surface area contributed by atoms with Crippen molar-refractivity contribution in [1.29, 1.82) is 0 Å². The lowest BCUT2D eigenvalue weighted by Crippen LogP contribution is -2.25. The minimum atomic E-state index is 0.778. The number of nitrogens with two attached hydrogens (primary N) is 1. The largest absolute Gasteiger partial charge is 0.269 e. The molecule has 0 aromatic heterocycles. The summed E-state index contributed by atoms with van der Waals surface area (Å²) in [6.45, 7) is 4.49. The Bertz CT molecular complexity index is 297. The van der Waals surface area contributed by atoms with Crippen LogP contribution in [-0.2, 0) is 6.54 Å². The highest BCUT2D eigenvalue weighted by Crippen LogP contribution is 2.22. The van der Waals surface area contributed by atoms with Crippen LogP contribution >= 0.6 is 11.8 Å². The first-order valence-corrected chi connectivity index (χ1v) is 5.50. The summed E-state index contributed by atoms with van der Waals surface area (Å²) in [5.41, 5.74) is 1.27. The maximum absolute atomic E-state index is 5.63. The summed E-state index contributed by atoms with van der Waals surface area (Å²) in [4.78, 5) is 1.28. The summed E-state index contributed by atoms with van der Waals surface area (Å²) < 4.78 is 0. The number of benzene rings is 1. The molecular weight excluding hydrogens is 192 g/mol. The molecule has 0 saturated carbocycles. The molecule has 3 heteroatoms. The third kappa shape index (κ3) is 3.54. The monoisotopic (exact) mass is 208 g/mol. The zero-order valence-electron chi connectivity index (χ0n) is 8.44. The summed E-state index contributed by atoms with van der Waals surface area (Å²) >= 11 is 1.79. The van der Waals surface area contributed by atoms with E-state index >= 15 is 0 Å². The smallest absolute Gasteiger partial charge is 0.0387 e. The van der Waals surface area contributed by atoms with Gasteiger partial charge in [0.1, 0.15) is 0 Å². The predicted octanol–water partition coefficient (Wildman–Crippen LogP) is 2.27. The van der Waals surface area contributed by atoms with E-state index in [1.54, 1.807) is 16.8 Å². The Hall–Kier alpha value is -0.770. The van der Waals surface area contributed by atoms with Gasteiger partial charge in [-0.05, 0) is 11.6 Å². The Morgan fingerprint density at radius 3 is 2.86 bits per heavy atom. The molecule has 1 aromatic carbocycles. The van der Waals surface area contributed by atoms with Gasteiger partial charge in [0.05, 0.1) is 0 Å². The molecule has 0 atom stereocenters. The topological polar surface area (TPSA) is 29.3 Å². The van der Waals surface area contributed by atoms with Gasteiger partial charge in [-0.15, -0.1) is 18.3 Å². The lowest BCUT2D eigenvalue weighted by Gasteiger charge is -2.12. The van der Waals surface area contributed by atoms with Gasteiger partial charge in [0.2, 0.25) is 0 Å². The molecule has 0 radical (unpaired) electrons. The lowest BCUT2D eigenvalue weighted by atomic mass is 10.2. The van der Waals surface area contributed by atoms with Crippen LogP contribution in [0.2, 0.25) is 0 Å². The van der Waals surface area contributed by atoms with E-state index in [1.165, 1.54) is 10.5 Å². The Labute approximate surface area is 89.8 Å². The quantitative estimate of drug-likeness (QED) is 0.348. The van der Waals surface area contributed by atoms with Gasteiger partial charge >= 0.3 is 0 Å². The summed E-state index contributed by atoms with van der Waals surface area (Å²) in [5, 5.41) is 1.69. The van der Waals surface area contributed by atoms with Crippen molar-refractivity contribution in [2.75, 3.05) is 12.8 Å². The van der Waals surface area contributed by atoms with E-state index < -0.39 is 0 Å². The van der Waals surface area contributed by atoms with E-state index in [4.69, 9.17) is 5.84 Å². The summed E-state index contributed by atoms with van der Waals surface area (Å²) in [7, 11) is 1.87. The fourth-order valence-corrected chi connectivity index (χ4v) is 1.98. The molecule has 0 saturated heterocycles. The van der Waals surface area contributed by atoms with Crippen molar-refractivity contribution in [3.8, 4) is 0 Å². The van der Waals surface area contributed by atoms with E-state index in [9.17, 15) is 0 Å². The molecule has 0 aliphatic rings. The van der Waals surface area contributed by atoms with Crippen molar-refractivity contribution in [2.24, 2.45) is 5.84 Å². The third-order valence-electron chi connectivity index (χ3n) is 1.75. The summed E-state index contributed by atoms with van der Waals surface area (Å²) in [6.07, 6.45) is 1.91. The van der Waals surface area contributed by atoms with Crippen molar-refractivity contribution in [3.63, 3.8) is 0 Å². The highest BCUT2D eigenvalue weighted by molar-refractivity contribution is 7.99. The van der Waals surface area contributed by atoms with Gasteiger partial charge in [0.25, 0.3) is 0 Å². The second-order valence-corrected chi connectivity index (χ2v) is 4.18. The van der Waals surface area contributed by atoms with E-state index in [0.29, 0.717) is 0 Å². The predicted molar refractivity (Wildman–Crippen MR) is 63.0 cm³/mol. The molecule has 0 bridgehead atoms. The van der Waals surface area contributed by atoms with Crippen LogP contribution in [-0.4, -0.2) is 17.8 Å². The number of hydrogen-bond donors (Lipinski definition) is 1. The fraction of sp³-hybridized carbons (Fsp3) is 0.273. The van der Waals surface area contributed by atoms with Crippen LogP contribution in [0.4, 0.5) is 0 Å². The average Bonchev–Trinajstić information content (AvgIpc) is 2.16. The van der Waals surface area contributed by atoms with Crippen molar-refractivity contribution in [2.45, 2.75) is 11.4 Å². The second-order valence-electron chi connectivity index (χ2n) is 3.12. The average molecular weight is 208 g/mol. The molecule has 2 N–H and O–H groups in total. The normalized spacial score (nSPS) is 10.5. The van der Waals surface area contributed by atoms with Crippen molar-refractivity contribution < 1.29 is 0 Å². The second kappa shape index (κ2) is 5.86. The van der Waals surface area contributed by atoms with Crippen LogP contribution in [0.3, 0.4) is 0 Å². The minimum Gasteiger partial charge on any atom is -0.269 e. The van der Waals surface area contributed by atoms with Gasteiger partial charge in [0.15, 0.2) is 0 Å². The molecule has 76 valence electrons. The Balaban J connectivity index is 2.74. The maximum Gasteiger partial charge on any atom is 0.0387 e. The SMILES string of the molecule is C=CCSc1ccccc1CN(C)N. The molecule has 0 spiro atoms. The van der Waals surface area contributed by atoms with Crippen molar-refractivity contribution >= 4 is 11.8 Å². The Morgan fingerprint density at radius 2 is 2.21 bits per heavy atom. The van der Waals surface area contributed by atoms with Crippen LogP contribution in [0.15, 0.2) is 41.8 Å². The molecule has 1 aromatic rings. The lowest BCUT2D eigenvalue weighted by molar-refractivity contribution is 0.339. The molecule has 0 fully saturated rings. The summed E-state index contributed by atoms with van der Waals surface area (Å²) in [6, 6.07) is 8.31. The van der Waals surface area contributed by atoms with Gasteiger partial charge in [-0.1, -0.05) is 24.3 Å². The molecule has 1 rings (SSSR count). The zero-order chi connectivity index (χ0) is 10.4. The molecule has 0 aliphatic carbocycles. The molecule has 2 nitrogen and oxygen atoms in total. The number of rotatable bonds is 5. The van der Waals surface area contributed by atoms with E-state index in [-0.39, 0.29) is 0 Å².